The molecule has 1 saturated heterocycles. The van der Waals surface area contributed by atoms with E-state index in [1.54, 1.807) is 30.9 Å². The number of rotatable bonds is 9. The Labute approximate surface area is 279 Å². The van der Waals surface area contributed by atoms with Gasteiger partial charge in [0.05, 0.1) is 0 Å². The number of unbranched alkanes of at least 4 members (excludes halogenated alkanes) is 9. The van der Waals surface area contributed by atoms with Gasteiger partial charge in [-0.15, -0.1) is 12.3 Å². The maximum atomic E-state index is 5.73. The maximum absolute atomic E-state index is 5.73. The van der Waals surface area contributed by atoms with Crippen molar-refractivity contribution in [3.05, 3.63) is 84.8 Å². The van der Waals surface area contributed by atoms with E-state index < -0.39 is 0 Å². The molecule has 0 atom stereocenters. The van der Waals surface area contributed by atoms with Gasteiger partial charge >= 0.3 is 0 Å². The lowest BCUT2D eigenvalue weighted by atomic mass is 10.1. The van der Waals surface area contributed by atoms with Crippen LogP contribution in [0.2, 0.25) is 0 Å². The Morgan fingerprint density at radius 2 is 1.37 bits per heavy atom. The van der Waals surface area contributed by atoms with Crippen molar-refractivity contribution in [2.75, 3.05) is 19.7 Å². The van der Waals surface area contributed by atoms with Crippen LogP contribution in [0.25, 0.3) is 6.08 Å². The van der Waals surface area contributed by atoms with E-state index >= 15 is 0 Å². The van der Waals surface area contributed by atoms with Crippen LogP contribution in [0.5, 0.6) is 5.75 Å². The first-order valence-corrected chi connectivity index (χ1v) is 17.1. The van der Waals surface area contributed by atoms with E-state index in [1.165, 1.54) is 89.8 Å². The van der Waals surface area contributed by atoms with Crippen molar-refractivity contribution in [3.63, 3.8) is 0 Å². The van der Waals surface area contributed by atoms with Crippen molar-refractivity contribution in [3.8, 4) is 18.1 Å². The number of hydrogen-bond donors (Lipinski definition) is 3. The van der Waals surface area contributed by atoms with Crippen molar-refractivity contribution < 1.29 is 4.74 Å². The quantitative estimate of drug-likeness (QED) is 0.189. The van der Waals surface area contributed by atoms with Crippen molar-refractivity contribution in [1.82, 2.24) is 16.4 Å². The van der Waals surface area contributed by atoms with Crippen LogP contribution in [-0.4, -0.2) is 38.5 Å². The fraction of sp³-hybridized carbons (Fsp3) is 0.462. The van der Waals surface area contributed by atoms with E-state index in [2.05, 4.69) is 44.2 Å². The van der Waals surface area contributed by atoms with Crippen LogP contribution >= 0.6 is 0 Å². The van der Waals surface area contributed by atoms with Crippen LogP contribution in [0.3, 0.4) is 0 Å². The molecule has 46 heavy (non-hydrogen) atoms. The van der Waals surface area contributed by atoms with Gasteiger partial charge in [0.2, 0.25) is 0 Å². The number of hydrogen-bond acceptors (Lipinski definition) is 7. The average molecular weight is 627 g/mol. The maximum Gasteiger partial charge on any atom is 0.127 e. The number of nitrogens with one attached hydrogen (secondary N) is 3. The lowest BCUT2D eigenvalue weighted by Crippen LogP contribution is -2.43. The standard InChI is InChI=1S/C20H19N3O.C13H24.C6H15N3/c1-2-4-8-13-22-18-23-15-9-14-21-16-17-24-20-12-7-6-11-19(20)10-5-3-1;1-3-5-7-9-11-13-12-10-8-6-4-2;1-2-4-6-8-9-7-5-3-1/h1-16,18H,17H2;1H,4-13H2,2H3;7-9H,1-6H2. The summed E-state index contributed by atoms with van der Waals surface area (Å²) in [5.74, 6) is 3.51. The normalized spacial score (nSPS) is 15.4. The highest BCUT2D eigenvalue weighted by atomic mass is 16.5. The van der Waals surface area contributed by atoms with E-state index in [1.807, 2.05) is 66.8 Å². The summed E-state index contributed by atoms with van der Waals surface area (Å²) in [4.78, 5) is 12.1. The van der Waals surface area contributed by atoms with Crippen molar-refractivity contribution >= 4 is 24.8 Å². The lowest BCUT2D eigenvalue weighted by molar-refractivity contribution is 0.379. The number of para-hydroxylation sites is 1. The minimum absolute atomic E-state index is 0.400. The molecule has 2 aliphatic heterocycles. The van der Waals surface area contributed by atoms with Crippen LogP contribution < -0.4 is 21.1 Å². The molecule has 0 radical (unpaired) electrons. The van der Waals surface area contributed by atoms with Gasteiger partial charge in [0.1, 0.15) is 18.7 Å². The molecule has 0 aliphatic carbocycles. The van der Waals surface area contributed by atoms with Gasteiger partial charge in [-0.05, 0) is 37.5 Å². The van der Waals surface area contributed by atoms with E-state index in [4.69, 9.17) is 11.2 Å². The molecule has 2 heterocycles. The largest absolute Gasteiger partial charge is 0.487 e. The number of allylic oxidation sites excluding steroid dienone is 7. The number of hydrazine groups is 2. The number of benzene rings is 1. The first-order chi connectivity index (χ1) is 22.9. The summed E-state index contributed by atoms with van der Waals surface area (Å²) in [5, 5.41) is 0. The molecule has 250 valence electrons. The summed E-state index contributed by atoms with van der Waals surface area (Å²) in [6, 6.07) is 7.88. The van der Waals surface area contributed by atoms with Gasteiger partial charge in [-0.2, -0.15) is 5.53 Å². The second-order valence-electron chi connectivity index (χ2n) is 10.7. The fourth-order valence-corrected chi connectivity index (χ4v) is 4.25. The van der Waals surface area contributed by atoms with E-state index in [0.717, 1.165) is 30.8 Å². The molecular formula is C39H58N6O. The molecule has 2 aliphatic rings. The van der Waals surface area contributed by atoms with Gasteiger partial charge in [0, 0.05) is 49.9 Å². The molecule has 0 unspecified atom stereocenters. The van der Waals surface area contributed by atoms with Crippen molar-refractivity contribution in [2.24, 2.45) is 15.0 Å². The molecule has 3 N–H and O–H groups in total. The third-order valence-corrected chi connectivity index (χ3v) is 6.77. The van der Waals surface area contributed by atoms with Gasteiger partial charge < -0.3 is 4.74 Å². The predicted molar refractivity (Wildman–Crippen MR) is 201 cm³/mol. The Morgan fingerprint density at radius 3 is 2.11 bits per heavy atom. The van der Waals surface area contributed by atoms with E-state index in [-0.39, 0.29) is 0 Å². The monoisotopic (exact) mass is 626 g/mol. The van der Waals surface area contributed by atoms with Crippen LogP contribution in [0.1, 0.15) is 102 Å². The summed E-state index contributed by atoms with van der Waals surface area (Å²) in [6.45, 7) is 4.82. The topological polar surface area (TPSA) is 82.4 Å². The highest BCUT2D eigenvalue weighted by molar-refractivity contribution is 5.80. The van der Waals surface area contributed by atoms with Gasteiger partial charge in [-0.3, -0.25) is 4.99 Å². The molecule has 0 amide bonds. The number of ether oxygens (including phenoxy) is 1. The molecule has 0 aromatic heterocycles. The third kappa shape index (κ3) is 27.7. The summed E-state index contributed by atoms with van der Waals surface area (Å²) in [7, 11) is 0. The zero-order chi connectivity index (χ0) is 32.9. The smallest absolute Gasteiger partial charge is 0.127 e. The van der Waals surface area contributed by atoms with Crippen molar-refractivity contribution in [1.29, 1.82) is 0 Å². The molecule has 1 aromatic carbocycles. The van der Waals surface area contributed by atoms with E-state index in [9.17, 15) is 0 Å². The molecule has 7 heteroatoms. The van der Waals surface area contributed by atoms with Gasteiger partial charge in [-0.25, -0.2) is 20.8 Å². The fourth-order valence-electron chi connectivity index (χ4n) is 4.25. The summed E-state index contributed by atoms with van der Waals surface area (Å²) in [5.41, 5.74) is 10.1. The summed E-state index contributed by atoms with van der Waals surface area (Å²) >= 11 is 0. The molecule has 1 aromatic rings. The Morgan fingerprint density at radius 1 is 0.717 bits per heavy atom. The lowest BCUT2D eigenvalue weighted by Gasteiger charge is -2.06. The zero-order valence-electron chi connectivity index (χ0n) is 28.2. The highest BCUT2D eigenvalue weighted by Gasteiger charge is 1.97. The summed E-state index contributed by atoms with van der Waals surface area (Å²) in [6.07, 6.45) is 47.2. The Bertz CT molecular complexity index is 1100. The molecular weight excluding hydrogens is 568 g/mol. The number of aliphatic imine (C=N–C) groups is 3. The molecule has 0 bridgehead atoms. The number of terminal acetylenes is 1. The van der Waals surface area contributed by atoms with Crippen LogP contribution in [-0.2, 0) is 0 Å². The van der Waals surface area contributed by atoms with Gasteiger partial charge in [0.15, 0.2) is 0 Å². The highest BCUT2D eigenvalue weighted by Crippen LogP contribution is 2.19. The number of nitrogens with zero attached hydrogens (tertiary/aromatic N) is 3. The van der Waals surface area contributed by atoms with Crippen molar-refractivity contribution in [2.45, 2.75) is 96.8 Å². The molecule has 1 fully saturated rings. The third-order valence-electron chi connectivity index (χ3n) is 6.77. The molecule has 3 rings (SSSR count). The molecule has 7 nitrogen and oxygen atoms in total. The first-order valence-electron chi connectivity index (χ1n) is 17.1. The van der Waals surface area contributed by atoms with Crippen LogP contribution in [0.15, 0.2) is 94.2 Å². The van der Waals surface area contributed by atoms with Gasteiger partial charge in [-0.1, -0.05) is 126 Å². The second kappa shape index (κ2) is 34.1. The Hall–Kier alpha value is -3.83. The average Bonchev–Trinajstić information content (AvgIpc) is 3.24. The molecule has 0 saturated carbocycles. The number of fused-ring (bicyclic) bond motifs is 1. The minimum atomic E-state index is 0.400. The van der Waals surface area contributed by atoms with Gasteiger partial charge in [0.25, 0.3) is 0 Å². The minimum Gasteiger partial charge on any atom is -0.487 e. The first kappa shape index (κ1) is 40.2. The zero-order valence-corrected chi connectivity index (χ0v) is 28.2. The van der Waals surface area contributed by atoms with E-state index in [0.29, 0.717) is 6.61 Å². The van der Waals surface area contributed by atoms with Crippen LogP contribution in [0.4, 0.5) is 0 Å². The van der Waals surface area contributed by atoms with Crippen LogP contribution in [0, 0.1) is 12.3 Å². The summed E-state index contributed by atoms with van der Waals surface area (Å²) < 4.78 is 5.73. The SMILES string of the molecule is C#CCCCCCCCCCCC.C1=CC=CN=CN=CC=CN=CCOc2ccccc2C=CC=C1.C1CCCNNNCC1. The Balaban J connectivity index is 0.000000401. The Kier molecular flexibility index (Phi) is 29.8. The molecule has 0 spiro atoms. The predicted octanol–water partition coefficient (Wildman–Crippen LogP) is 9.10. The second-order valence-corrected chi connectivity index (χ2v) is 10.7.